The minimum atomic E-state index is -2.33. The van der Waals surface area contributed by atoms with Crippen LogP contribution in [0, 0.1) is 0 Å². The van der Waals surface area contributed by atoms with Gasteiger partial charge in [0.15, 0.2) is 0 Å². The molecule has 0 aromatic heterocycles. The van der Waals surface area contributed by atoms with Crippen LogP contribution in [0.3, 0.4) is 0 Å². The molecule has 78 valence electrons. The topological polar surface area (TPSA) is 47.3 Å². The van der Waals surface area contributed by atoms with Crippen molar-refractivity contribution in [1.29, 1.82) is 0 Å². The Labute approximate surface area is 76.6 Å². The number of alkyl halides is 2. The Morgan fingerprint density at radius 3 is 2.77 bits per heavy atom. The maximum atomic E-state index is 12.0. The minimum absolute atomic E-state index is 0.305. The van der Waals surface area contributed by atoms with Gasteiger partial charge >= 0.3 is 0 Å². The van der Waals surface area contributed by atoms with E-state index in [9.17, 15) is 8.78 Å². The summed E-state index contributed by atoms with van der Waals surface area (Å²) in [5, 5.41) is 2.78. The molecule has 0 amide bonds. The van der Waals surface area contributed by atoms with Crippen LogP contribution in [0.15, 0.2) is 0 Å². The summed E-state index contributed by atoms with van der Waals surface area (Å²) in [4.78, 5) is 0. The Morgan fingerprint density at radius 1 is 1.54 bits per heavy atom. The fraction of sp³-hybridized carbons (Fsp3) is 1.00. The molecule has 1 rings (SSSR count). The molecule has 0 saturated carbocycles. The Kier molecular flexibility index (Phi) is 4.02. The number of nitrogens with one attached hydrogen (secondary N) is 1. The second-order valence-corrected chi connectivity index (χ2v) is 3.41. The minimum Gasteiger partial charge on any atom is -0.379 e. The van der Waals surface area contributed by atoms with E-state index in [1.807, 2.05) is 0 Å². The first kappa shape index (κ1) is 10.8. The first-order chi connectivity index (χ1) is 6.18. The van der Waals surface area contributed by atoms with Gasteiger partial charge in [-0.3, -0.25) is 0 Å². The standard InChI is InChI=1S/C8H16F2N2O/c9-7(10)4-12-8(5-11)2-1-3-13-6-8/h7,12H,1-6,11H2. The average Bonchev–Trinajstić information content (AvgIpc) is 2.16. The molecule has 1 heterocycles. The van der Waals surface area contributed by atoms with Crippen LogP contribution in [-0.2, 0) is 4.74 Å². The zero-order valence-electron chi connectivity index (χ0n) is 7.56. The van der Waals surface area contributed by atoms with Crippen molar-refractivity contribution in [3.8, 4) is 0 Å². The van der Waals surface area contributed by atoms with Crippen molar-refractivity contribution in [3.05, 3.63) is 0 Å². The first-order valence-electron chi connectivity index (χ1n) is 4.49. The molecule has 0 aliphatic carbocycles. The van der Waals surface area contributed by atoms with Crippen LogP contribution in [0.1, 0.15) is 12.8 Å². The number of hydrogen-bond acceptors (Lipinski definition) is 3. The molecule has 3 N–H and O–H groups in total. The zero-order chi connectivity index (χ0) is 9.73. The quantitative estimate of drug-likeness (QED) is 0.679. The fourth-order valence-electron chi connectivity index (χ4n) is 1.52. The van der Waals surface area contributed by atoms with Gasteiger partial charge in [-0.05, 0) is 12.8 Å². The summed E-state index contributed by atoms with van der Waals surface area (Å²) in [6.45, 7) is 1.19. The average molecular weight is 194 g/mol. The molecular weight excluding hydrogens is 178 g/mol. The Balaban J connectivity index is 2.38. The number of ether oxygens (including phenoxy) is 1. The summed E-state index contributed by atoms with van der Waals surface area (Å²) in [5.74, 6) is 0. The predicted molar refractivity (Wildman–Crippen MR) is 45.8 cm³/mol. The molecule has 0 aromatic carbocycles. The molecular formula is C8H16F2N2O. The summed E-state index contributed by atoms with van der Waals surface area (Å²) >= 11 is 0. The second kappa shape index (κ2) is 4.83. The molecule has 0 bridgehead atoms. The number of rotatable bonds is 4. The van der Waals surface area contributed by atoms with Gasteiger partial charge in [0.25, 0.3) is 6.43 Å². The summed E-state index contributed by atoms with van der Waals surface area (Å²) in [6.07, 6.45) is -0.630. The van der Waals surface area contributed by atoms with Crippen LogP contribution in [0.25, 0.3) is 0 Å². The van der Waals surface area contributed by atoms with Crippen molar-refractivity contribution in [1.82, 2.24) is 5.32 Å². The first-order valence-corrected chi connectivity index (χ1v) is 4.49. The third-order valence-corrected chi connectivity index (χ3v) is 2.34. The van der Waals surface area contributed by atoms with E-state index in [2.05, 4.69) is 5.32 Å². The van der Waals surface area contributed by atoms with Gasteiger partial charge in [0.2, 0.25) is 0 Å². The highest BCUT2D eigenvalue weighted by molar-refractivity contribution is 4.91. The van der Waals surface area contributed by atoms with Crippen molar-refractivity contribution >= 4 is 0 Å². The van der Waals surface area contributed by atoms with Crippen molar-refractivity contribution < 1.29 is 13.5 Å². The van der Waals surface area contributed by atoms with Crippen LogP contribution < -0.4 is 11.1 Å². The number of hydrogen-bond donors (Lipinski definition) is 2. The smallest absolute Gasteiger partial charge is 0.250 e. The third-order valence-electron chi connectivity index (χ3n) is 2.34. The lowest BCUT2D eigenvalue weighted by Gasteiger charge is -2.36. The molecule has 1 saturated heterocycles. The lowest BCUT2D eigenvalue weighted by atomic mass is 9.92. The van der Waals surface area contributed by atoms with E-state index >= 15 is 0 Å². The number of halogens is 2. The highest BCUT2D eigenvalue weighted by atomic mass is 19.3. The molecule has 1 aliphatic heterocycles. The zero-order valence-corrected chi connectivity index (χ0v) is 7.56. The van der Waals surface area contributed by atoms with Gasteiger partial charge in [0.05, 0.1) is 18.7 Å². The molecule has 0 spiro atoms. The summed E-state index contributed by atoms with van der Waals surface area (Å²) in [6, 6.07) is 0. The largest absolute Gasteiger partial charge is 0.379 e. The number of nitrogens with two attached hydrogens (primary N) is 1. The molecule has 3 nitrogen and oxygen atoms in total. The molecule has 1 unspecified atom stereocenters. The van der Waals surface area contributed by atoms with Gasteiger partial charge in [-0.2, -0.15) is 0 Å². The molecule has 0 radical (unpaired) electrons. The monoisotopic (exact) mass is 194 g/mol. The lowest BCUT2D eigenvalue weighted by molar-refractivity contribution is 0.0152. The van der Waals surface area contributed by atoms with Crippen molar-refractivity contribution in [2.75, 3.05) is 26.3 Å². The van der Waals surface area contributed by atoms with Crippen molar-refractivity contribution in [2.45, 2.75) is 24.8 Å². The van der Waals surface area contributed by atoms with Gasteiger partial charge in [-0.15, -0.1) is 0 Å². The van der Waals surface area contributed by atoms with E-state index in [1.54, 1.807) is 0 Å². The van der Waals surface area contributed by atoms with E-state index in [0.29, 0.717) is 19.8 Å². The van der Waals surface area contributed by atoms with Gasteiger partial charge in [0, 0.05) is 13.2 Å². The van der Waals surface area contributed by atoms with E-state index in [0.717, 1.165) is 12.8 Å². The fourth-order valence-corrected chi connectivity index (χ4v) is 1.52. The van der Waals surface area contributed by atoms with Crippen LogP contribution >= 0.6 is 0 Å². The van der Waals surface area contributed by atoms with Crippen LogP contribution in [-0.4, -0.2) is 38.3 Å². The highest BCUT2D eigenvalue weighted by Gasteiger charge is 2.31. The van der Waals surface area contributed by atoms with Crippen LogP contribution in [0.4, 0.5) is 8.78 Å². The molecule has 1 aliphatic rings. The van der Waals surface area contributed by atoms with Gasteiger partial charge in [-0.1, -0.05) is 0 Å². The van der Waals surface area contributed by atoms with Crippen molar-refractivity contribution in [2.24, 2.45) is 5.73 Å². The van der Waals surface area contributed by atoms with Crippen LogP contribution in [0.5, 0.6) is 0 Å². The maximum absolute atomic E-state index is 12.0. The Morgan fingerprint density at radius 2 is 2.31 bits per heavy atom. The van der Waals surface area contributed by atoms with E-state index < -0.39 is 12.0 Å². The SMILES string of the molecule is NCC1(NCC(F)F)CCCOC1. The molecule has 1 fully saturated rings. The maximum Gasteiger partial charge on any atom is 0.250 e. The van der Waals surface area contributed by atoms with Gasteiger partial charge < -0.3 is 15.8 Å². The normalized spacial score (nSPS) is 29.5. The van der Waals surface area contributed by atoms with Gasteiger partial charge in [0.1, 0.15) is 0 Å². The van der Waals surface area contributed by atoms with Crippen LogP contribution in [0.2, 0.25) is 0 Å². The van der Waals surface area contributed by atoms with E-state index in [4.69, 9.17) is 10.5 Å². The molecule has 1 atom stereocenters. The molecule has 0 aromatic rings. The Hall–Kier alpha value is -0.260. The Bertz CT molecular complexity index is 149. The second-order valence-electron chi connectivity index (χ2n) is 3.41. The van der Waals surface area contributed by atoms with E-state index in [-0.39, 0.29) is 6.54 Å². The summed E-state index contributed by atoms with van der Waals surface area (Å²) < 4.78 is 29.1. The van der Waals surface area contributed by atoms with Crippen molar-refractivity contribution in [3.63, 3.8) is 0 Å². The van der Waals surface area contributed by atoms with E-state index in [1.165, 1.54) is 0 Å². The predicted octanol–water partition coefficient (Wildman–Crippen LogP) is 0.349. The molecule has 13 heavy (non-hydrogen) atoms. The molecule has 5 heteroatoms. The third kappa shape index (κ3) is 3.17. The van der Waals surface area contributed by atoms with Gasteiger partial charge in [-0.25, -0.2) is 8.78 Å². The lowest BCUT2D eigenvalue weighted by Crippen LogP contribution is -2.57. The summed E-state index contributed by atoms with van der Waals surface area (Å²) in [5.41, 5.74) is 5.12. The highest BCUT2D eigenvalue weighted by Crippen LogP contribution is 2.17. The summed E-state index contributed by atoms with van der Waals surface area (Å²) in [7, 11) is 0.